The summed E-state index contributed by atoms with van der Waals surface area (Å²) in [5.41, 5.74) is 0.224. The number of carbonyl (C=O) groups is 1. The van der Waals surface area contributed by atoms with Gasteiger partial charge in [-0.15, -0.1) is 0 Å². The number of benzene rings is 1. The molecule has 1 aromatic carbocycles. The molecule has 0 spiro atoms. The number of fused-ring (bicyclic) bond motifs is 2. The van der Waals surface area contributed by atoms with Crippen LogP contribution < -0.4 is 5.32 Å². The minimum atomic E-state index is -0.970. The number of halogens is 2. The Balaban J connectivity index is 1.79. The van der Waals surface area contributed by atoms with E-state index in [-0.39, 0.29) is 17.5 Å². The molecule has 2 saturated heterocycles. The molecule has 5 heteroatoms. The lowest BCUT2D eigenvalue weighted by Crippen LogP contribution is -2.50. The Kier molecular flexibility index (Phi) is 3.93. The van der Waals surface area contributed by atoms with Crippen LogP contribution in [0.4, 0.5) is 8.78 Å². The number of hydrogen-bond donors (Lipinski definition) is 1. The first kappa shape index (κ1) is 14.4. The molecule has 3 rings (SSSR count). The number of rotatable bonds is 3. The van der Waals surface area contributed by atoms with Crippen LogP contribution in [0.2, 0.25) is 0 Å². The van der Waals surface area contributed by atoms with E-state index >= 15 is 0 Å². The summed E-state index contributed by atoms with van der Waals surface area (Å²) in [6.45, 7) is 2.52. The molecule has 1 N–H and O–H groups in total. The van der Waals surface area contributed by atoms with Crippen LogP contribution in [0, 0.1) is 11.6 Å². The van der Waals surface area contributed by atoms with Crippen molar-refractivity contribution in [2.75, 3.05) is 6.54 Å². The molecule has 2 heterocycles. The summed E-state index contributed by atoms with van der Waals surface area (Å²) in [6, 6.07) is 4.54. The van der Waals surface area contributed by atoms with Gasteiger partial charge in [0.05, 0.1) is 0 Å². The van der Waals surface area contributed by atoms with E-state index in [1.807, 2.05) is 6.92 Å². The number of carbonyl (C=O) groups excluding carboxylic acids is 1. The van der Waals surface area contributed by atoms with Crippen molar-refractivity contribution in [2.45, 2.75) is 50.7 Å². The normalized spacial score (nSPS) is 27.7. The minimum absolute atomic E-state index is 0.189. The lowest BCUT2D eigenvalue weighted by atomic mass is 9.97. The van der Waals surface area contributed by atoms with E-state index in [0.29, 0.717) is 18.6 Å². The van der Waals surface area contributed by atoms with Gasteiger partial charge in [-0.05, 0) is 50.8 Å². The topological polar surface area (TPSA) is 32.3 Å². The van der Waals surface area contributed by atoms with Crippen LogP contribution in [-0.2, 0) is 0 Å². The molecule has 114 valence electrons. The summed E-state index contributed by atoms with van der Waals surface area (Å²) in [5, 5.41) is 3.55. The van der Waals surface area contributed by atoms with Crippen molar-refractivity contribution in [1.82, 2.24) is 10.2 Å². The SMILES string of the molecule is CCN(C(=O)c1ccc(F)c(F)c1)C1CC2CCC(C1)N2. The van der Waals surface area contributed by atoms with Crippen LogP contribution in [0.5, 0.6) is 0 Å². The molecule has 0 saturated carbocycles. The third kappa shape index (κ3) is 2.79. The Hall–Kier alpha value is -1.49. The second-order valence-electron chi connectivity index (χ2n) is 5.98. The van der Waals surface area contributed by atoms with E-state index in [9.17, 15) is 13.6 Å². The molecule has 1 aromatic rings. The molecule has 2 bridgehead atoms. The van der Waals surface area contributed by atoms with Gasteiger partial charge in [-0.2, -0.15) is 0 Å². The Morgan fingerprint density at radius 3 is 2.48 bits per heavy atom. The molecule has 2 aliphatic rings. The quantitative estimate of drug-likeness (QED) is 0.929. The van der Waals surface area contributed by atoms with Gasteiger partial charge in [0.15, 0.2) is 11.6 Å². The molecule has 0 aliphatic carbocycles. The second-order valence-corrected chi connectivity index (χ2v) is 5.98. The van der Waals surface area contributed by atoms with Crippen molar-refractivity contribution < 1.29 is 13.6 Å². The highest BCUT2D eigenvalue weighted by Gasteiger charge is 2.37. The molecule has 0 radical (unpaired) electrons. The van der Waals surface area contributed by atoms with Gasteiger partial charge in [-0.1, -0.05) is 0 Å². The molecule has 2 fully saturated rings. The summed E-state index contributed by atoms with van der Waals surface area (Å²) in [6.07, 6.45) is 4.22. The molecule has 21 heavy (non-hydrogen) atoms. The van der Waals surface area contributed by atoms with Crippen molar-refractivity contribution >= 4 is 5.91 Å². The lowest BCUT2D eigenvalue weighted by molar-refractivity contribution is 0.0630. The smallest absolute Gasteiger partial charge is 0.254 e. The van der Waals surface area contributed by atoms with Crippen molar-refractivity contribution in [3.63, 3.8) is 0 Å². The Morgan fingerprint density at radius 1 is 1.24 bits per heavy atom. The molecular weight excluding hydrogens is 274 g/mol. The number of piperidine rings is 1. The number of nitrogens with one attached hydrogen (secondary N) is 1. The maximum Gasteiger partial charge on any atom is 0.254 e. The average Bonchev–Trinajstić information content (AvgIpc) is 2.81. The fourth-order valence-corrected chi connectivity index (χ4v) is 3.64. The first-order valence-electron chi connectivity index (χ1n) is 7.60. The van der Waals surface area contributed by atoms with Gasteiger partial charge < -0.3 is 10.2 Å². The monoisotopic (exact) mass is 294 g/mol. The maximum atomic E-state index is 13.3. The van der Waals surface area contributed by atoms with Crippen LogP contribution in [-0.4, -0.2) is 35.5 Å². The van der Waals surface area contributed by atoms with E-state index in [1.165, 1.54) is 6.07 Å². The Morgan fingerprint density at radius 2 is 1.90 bits per heavy atom. The van der Waals surface area contributed by atoms with Gasteiger partial charge in [-0.3, -0.25) is 4.79 Å². The minimum Gasteiger partial charge on any atom is -0.336 e. The second kappa shape index (κ2) is 5.72. The van der Waals surface area contributed by atoms with Crippen LogP contribution in [0.15, 0.2) is 18.2 Å². The summed E-state index contributed by atoms with van der Waals surface area (Å²) in [4.78, 5) is 14.4. The van der Waals surface area contributed by atoms with Gasteiger partial charge in [-0.25, -0.2) is 8.78 Å². The fraction of sp³-hybridized carbons (Fsp3) is 0.562. The van der Waals surface area contributed by atoms with Crippen molar-refractivity contribution in [3.05, 3.63) is 35.4 Å². The first-order valence-corrected chi connectivity index (χ1v) is 7.60. The predicted octanol–water partition coefficient (Wildman–Crippen LogP) is 2.71. The highest BCUT2D eigenvalue weighted by molar-refractivity contribution is 5.94. The third-order valence-electron chi connectivity index (χ3n) is 4.66. The molecule has 0 aromatic heterocycles. The number of nitrogens with zero attached hydrogens (tertiary/aromatic N) is 1. The maximum absolute atomic E-state index is 13.3. The molecule has 2 unspecified atom stereocenters. The Bertz CT molecular complexity index is 537. The molecule has 2 atom stereocenters. The fourth-order valence-electron chi connectivity index (χ4n) is 3.64. The highest BCUT2D eigenvalue weighted by Crippen LogP contribution is 2.30. The number of amides is 1. The van der Waals surface area contributed by atoms with Crippen molar-refractivity contribution in [3.8, 4) is 0 Å². The summed E-state index contributed by atoms with van der Waals surface area (Å²) >= 11 is 0. The van der Waals surface area contributed by atoms with Gasteiger partial charge in [0, 0.05) is 30.2 Å². The largest absolute Gasteiger partial charge is 0.336 e. The highest BCUT2D eigenvalue weighted by atomic mass is 19.2. The number of hydrogen-bond acceptors (Lipinski definition) is 2. The van der Waals surface area contributed by atoms with E-state index in [4.69, 9.17) is 0 Å². The van der Waals surface area contributed by atoms with E-state index in [2.05, 4.69) is 5.32 Å². The average molecular weight is 294 g/mol. The molecular formula is C16H20F2N2O. The van der Waals surface area contributed by atoms with Crippen LogP contribution in [0.3, 0.4) is 0 Å². The van der Waals surface area contributed by atoms with Gasteiger partial charge in [0.1, 0.15) is 0 Å². The van der Waals surface area contributed by atoms with E-state index in [1.54, 1.807) is 4.90 Å². The van der Waals surface area contributed by atoms with E-state index < -0.39 is 11.6 Å². The van der Waals surface area contributed by atoms with Crippen LogP contribution >= 0.6 is 0 Å². The molecule has 2 aliphatic heterocycles. The first-order chi connectivity index (χ1) is 10.1. The van der Waals surface area contributed by atoms with Crippen LogP contribution in [0.1, 0.15) is 43.0 Å². The predicted molar refractivity (Wildman–Crippen MR) is 76.0 cm³/mol. The zero-order chi connectivity index (χ0) is 15.0. The summed E-state index contributed by atoms with van der Waals surface area (Å²) < 4.78 is 26.3. The zero-order valence-corrected chi connectivity index (χ0v) is 12.1. The Labute approximate surface area is 123 Å². The van der Waals surface area contributed by atoms with E-state index in [0.717, 1.165) is 37.8 Å². The molecule has 1 amide bonds. The van der Waals surface area contributed by atoms with Gasteiger partial charge in [0.2, 0.25) is 0 Å². The lowest BCUT2D eigenvalue weighted by Gasteiger charge is -2.37. The summed E-state index contributed by atoms with van der Waals surface area (Å²) in [7, 11) is 0. The van der Waals surface area contributed by atoms with Gasteiger partial charge in [0.25, 0.3) is 5.91 Å². The molecule has 3 nitrogen and oxygen atoms in total. The standard InChI is InChI=1S/C16H20F2N2O/c1-2-20(13-8-11-4-5-12(9-13)19-11)16(21)10-3-6-14(17)15(18)7-10/h3,6-7,11-13,19H,2,4-5,8-9H2,1H3. The van der Waals surface area contributed by atoms with Crippen molar-refractivity contribution in [1.29, 1.82) is 0 Å². The third-order valence-corrected chi connectivity index (χ3v) is 4.66. The van der Waals surface area contributed by atoms with Gasteiger partial charge >= 0.3 is 0 Å². The zero-order valence-electron chi connectivity index (χ0n) is 12.1. The van der Waals surface area contributed by atoms with Crippen molar-refractivity contribution in [2.24, 2.45) is 0 Å². The summed E-state index contributed by atoms with van der Waals surface area (Å²) in [5.74, 6) is -2.10. The van der Waals surface area contributed by atoms with Crippen LogP contribution in [0.25, 0.3) is 0 Å².